The minimum absolute atomic E-state index is 0. The van der Waals surface area contributed by atoms with Gasteiger partial charge in [0.1, 0.15) is 0 Å². The Kier molecular flexibility index (Phi) is 22.0. The molecule has 0 bridgehead atoms. The molecule has 14 heteroatoms. The van der Waals surface area contributed by atoms with Gasteiger partial charge in [0.25, 0.3) is 0 Å². The Labute approximate surface area is 465 Å². The van der Waals surface area contributed by atoms with Crippen LogP contribution in [0, 0.1) is 27.7 Å². The zero-order valence-corrected chi connectivity index (χ0v) is 63.4. The Morgan fingerprint density at radius 3 is 0.588 bits per heavy atom. The third-order valence-electron chi connectivity index (χ3n) is 14.8. The Bertz CT molecular complexity index is 2090. The largest absolute Gasteiger partial charge is 4.00 e. The molecule has 4 aromatic rings. The van der Waals surface area contributed by atoms with Gasteiger partial charge in [-0.2, -0.15) is 27.4 Å². The van der Waals surface area contributed by atoms with Gasteiger partial charge in [-0.1, -0.05) is 288 Å². The second-order valence-electron chi connectivity index (χ2n) is 29.7. The molecule has 0 radical (unpaired) electrons. The van der Waals surface area contributed by atoms with Crippen LogP contribution in [-0.2, 0) is 21.7 Å². The van der Waals surface area contributed by atoms with E-state index in [0.29, 0.717) is 0 Å². The summed E-state index contributed by atoms with van der Waals surface area (Å²) in [4.78, 5) is 0. The van der Waals surface area contributed by atoms with Crippen LogP contribution in [0.1, 0.15) is 22.3 Å². The molecule has 380 valence electrons. The van der Waals surface area contributed by atoms with E-state index in [4.69, 9.17) is 0 Å². The van der Waals surface area contributed by atoms with Gasteiger partial charge in [-0.15, -0.1) is 0 Å². The summed E-state index contributed by atoms with van der Waals surface area (Å²) >= 11 is 0. The van der Waals surface area contributed by atoms with Gasteiger partial charge < -0.3 is 37.2 Å². The summed E-state index contributed by atoms with van der Waals surface area (Å²) in [5.41, 5.74) is 6.29. The van der Waals surface area contributed by atoms with Gasteiger partial charge in [-0.3, -0.25) is 0 Å². The molecule has 0 unspecified atom stereocenters. The van der Waals surface area contributed by atoms with Crippen molar-refractivity contribution < 1.29 is 58.9 Å². The van der Waals surface area contributed by atoms with Crippen molar-refractivity contribution in [2.24, 2.45) is 0 Å². The van der Waals surface area contributed by atoms with Crippen LogP contribution >= 0.6 is 0 Å². The van der Waals surface area contributed by atoms with E-state index in [0.717, 1.165) is 0 Å². The minimum Gasteiger partial charge on any atom is -1.00 e. The van der Waals surface area contributed by atoms with Gasteiger partial charge in [-0.05, 0) is 15.6 Å². The van der Waals surface area contributed by atoms with Crippen molar-refractivity contribution in [2.45, 2.75) is 204 Å². The second-order valence-corrected chi connectivity index (χ2v) is 78.7. The van der Waals surface area contributed by atoms with E-state index in [1.54, 1.807) is 63.0 Å². The summed E-state index contributed by atoms with van der Waals surface area (Å²) < 4.78 is 0. The molecule has 68 heavy (non-hydrogen) atoms. The quantitative estimate of drug-likeness (QED) is 0.100. The van der Waals surface area contributed by atoms with Crippen molar-refractivity contribution in [1.29, 1.82) is 0 Å². The fourth-order valence-electron chi connectivity index (χ4n) is 10.5. The maximum Gasteiger partial charge on any atom is 4.00 e. The standard InChI is InChI=1S/C54H99Si10.3ClH.Ti/c1-38-39(2)41(4)51(40(38)3)64(52-45(58(14,15)16)32-42(55(5,6)7)33-46(52)59(17,18)19,53-47(60(20,21)22)34-43(56(8,9)10)35-48(53)61(23,24)25)54-49(62(26,27)28)36-44(57(11,12)13)37-50(54)63(29,30)31;;;;/h32-37H,1-31H3;3*1H;/q-1;;;;+4/p-3. The smallest absolute Gasteiger partial charge is 1.00 e. The first kappa shape index (κ1) is 68.8. The van der Waals surface area contributed by atoms with Crippen molar-refractivity contribution >= 4 is 148 Å². The SMILES string of the molecule is Cc1c(C)c([Si](c2c([Si](C)(C)C)cc([Si](C)(C)C)cc2[Si](C)(C)C)(c2c([Si](C)(C)C)cc([Si](C)(C)C)cc2[Si](C)(C)C)c2c([Si](C)(C)C)cc([Si](C)(C)C)cc2[Si](C)(C)C)[c-](C)c1C.[Cl-].[Cl-].[Cl-].[Ti+4]. The molecule has 0 saturated carbocycles. The second kappa shape index (κ2) is 21.8. The summed E-state index contributed by atoms with van der Waals surface area (Å²) in [5.74, 6) is 0. The zero-order chi connectivity index (χ0) is 50.1. The van der Waals surface area contributed by atoms with Gasteiger partial charge in [0.05, 0.1) is 72.7 Å². The van der Waals surface area contributed by atoms with E-state index in [1.807, 2.05) is 15.6 Å². The maximum absolute atomic E-state index is 3.32. The molecule has 4 aromatic carbocycles. The molecule has 0 amide bonds. The molecular formula is C54H99Cl3Si10Ti. The van der Waals surface area contributed by atoms with Gasteiger partial charge in [-0.25, -0.2) is 0 Å². The maximum atomic E-state index is 2.91. The predicted octanol–water partition coefficient (Wildman–Crippen LogP) is -0.0671. The Morgan fingerprint density at radius 2 is 0.471 bits per heavy atom. The van der Waals surface area contributed by atoms with E-state index < -0.39 is 80.7 Å². The topological polar surface area (TPSA) is 0 Å². The molecule has 0 aliphatic heterocycles. The fourth-order valence-corrected chi connectivity index (χ4v) is 40.0. The summed E-state index contributed by atoms with van der Waals surface area (Å²) in [7, 11) is -20.8. The van der Waals surface area contributed by atoms with Gasteiger partial charge >= 0.3 is 21.7 Å². The van der Waals surface area contributed by atoms with Crippen LogP contribution in [0.2, 0.25) is 177 Å². The molecule has 4 rings (SSSR count). The van der Waals surface area contributed by atoms with E-state index in [9.17, 15) is 0 Å². The molecule has 0 atom stereocenters. The zero-order valence-electron chi connectivity index (χ0n) is 49.6. The molecule has 0 heterocycles. The van der Waals surface area contributed by atoms with E-state index in [2.05, 4.69) is 241 Å². The third-order valence-corrected chi connectivity index (χ3v) is 39.8. The molecule has 0 aliphatic carbocycles. The van der Waals surface area contributed by atoms with Crippen LogP contribution in [0.5, 0.6) is 0 Å². The van der Waals surface area contributed by atoms with Crippen LogP contribution in [0.4, 0.5) is 0 Å². The number of hydrogen-bond donors (Lipinski definition) is 0. The average molecular weight is 1180 g/mol. The molecule has 0 spiro atoms. The van der Waals surface area contributed by atoms with Crippen LogP contribution < -0.4 is 105 Å². The van der Waals surface area contributed by atoms with Crippen molar-refractivity contribution in [3.63, 3.8) is 0 Å². The van der Waals surface area contributed by atoms with Crippen molar-refractivity contribution in [2.75, 3.05) is 0 Å². The van der Waals surface area contributed by atoms with Crippen LogP contribution in [0.15, 0.2) is 36.4 Å². The molecule has 0 nitrogen and oxygen atoms in total. The number of hydrogen-bond acceptors (Lipinski definition) is 0. The Hall–Kier alpha value is 0.763. The molecule has 0 aliphatic rings. The summed E-state index contributed by atoms with van der Waals surface area (Å²) in [6.45, 7) is 82.9. The van der Waals surface area contributed by atoms with Crippen molar-refractivity contribution in [1.82, 2.24) is 0 Å². The van der Waals surface area contributed by atoms with E-state index in [1.165, 1.54) is 11.1 Å². The number of halogens is 3. The molecule has 0 fully saturated rings. The van der Waals surface area contributed by atoms with Crippen molar-refractivity contribution in [3.05, 3.63) is 58.7 Å². The van der Waals surface area contributed by atoms with Gasteiger partial charge in [0.2, 0.25) is 0 Å². The first-order valence-electron chi connectivity index (χ1n) is 25.0. The van der Waals surface area contributed by atoms with Crippen LogP contribution in [0.25, 0.3) is 0 Å². The third kappa shape index (κ3) is 13.4. The van der Waals surface area contributed by atoms with Gasteiger partial charge in [0, 0.05) is 0 Å². The first-order valence-corrected chi connectivity index (χ1v) is 58.5. The summed E-state index contributed by atoms with van der Waals surface area (Å²) in [6.07, 6.45) is 0. The number of rotatable bonds is 13. The minimum atomic E-state index is -3.32. The summed E-state index contributed by atoms with van der Waals surface area (Å²) in [6, 6.07) is 17.4. The molecular weight excluding hydrogens is 1080 g/mol. The predicted molar refractivity (Wildman–Crippen MR) is 331 cm³/mol. The molecule has 0 saturated heterocycles. The van der Waals surface area contributed by atoms with Gasteiger partial charge in [0.15, 0.2) is 8.07 Å². The Balaban J connectivity index is 0.0000112. The molecule has 0 N–H and O–H groups in total. The fraction of sp³-hybridized carbons (Fsp3) is 0.574. The van der Waals surface area contributed by atoms with Crippen molar-refractivity contribution in [3.8, 4) is 0 Å². The normalized spacial score (nSPS) is 13.6. The monoisotopic (exact) mass is 1180 g/mol. The van der Waals surface area contributed by atoms with E-state index in [-0.39, 0.29) is 58.9 Å². The van der Waals surface area contributed by atoms with E-state index >= 15 is 0 Å². The first-order chi connectivity index (χ1) is 28.1. The van der Waals surface area contributed by atoms with Crippen LogP contribution in [0.3, 0.4) is 0 Å². The summed E-state index contributed by atoms with van der Waals surface area (Å²) in [5, 5.41) is 23.4. The molecule has 0 aromatic heterocycles. The average Bonchev–Trinajstić information content (AvgIpc) is 3.26. The number of benzene rings is 3. The van der Waals surface area contributed by atoms with Crippen LogP contribution in [-0.4, -0.2) is 80.7 Å². The Morgan fingerprint density at radius 1 is 0.294 bits per heavy atom.